The number of H-pyrrole nitrogens is 1. The maximum atomic E-state index is 12.1. The maximum Gasteiger partial charge on any atom is 0.226 e. The predicted octanol–water partition coefficient (Wildman–Crippen LogP) is 2.28. The molecule has 3 aromatic rings. The minimum atomic E-state index is -0.177. The number of benzene rings is 1. The molecule has 1 amide bonds. The van der Waals surface area contributed by atoms with E-state index in [4.69, 9.17) is 4.52 Å². The van der Waals surface area contributed by atoms with Crippen LogP contribution in [0.4, 0.5) is 0 Å². The second-order valence-corrected chi connectivity index (χ2v) is 5.04. The fourth-order valence-electron chi connectivity index (χ4n) is 2.23. The summed E-state index contributed by atoms with van der Waals surface area (Å²) in [5, 5.41) is 7.73. The number of hydrogen-bond acceptors (Lipinski definition) is 4. The molecule has 2 heterocycles. The summed E-state index contributed by atoms with van der Waals surface area (Å²) >= 11 is 0. The van der Waals surface area contributed by atoms with Crippen LogP contribution >= 0.6 is 0 Å². The predicted molar refractivity (Wildman–Crippen MR) is 77.6 cm³/mol. The molecule has 0 aliphatic heterocycles. The van der Waals surface area contributed by atoms with E-state index in [1.165, 1.54) is 0 Å². The molecule has 0 bridgehead atoms. The number of hydrogen-bond donors (Lipinski definition) is 2. The number of aryl methyl sites for hydroxylation is 1. The van der Waals surface area contributed by atoms with Crippen LogP contribution in [0.15, 0.2) is 35.0 Å². The second kappa shape index (κ2) is 5.40. The van der Waals surface area contributed by atoms with Crippen molar-refractivity contribution in [2.75, 3.05) is 0 Å². The van der Waals surface area contributed by atoms with E-state index in [2.05, 4.69) is 20.4 Å². The summed E-state index contributed by atoms with van der Waals surface area (Å²) in [6.07, 6.45) is 1.92. The molecule has 2 aromatic heterocycles. The van der Waals surface area contributed by atoms with Crippen molar-refractivity contribution in [3.8, 4) is 0 Å². The Labute approximate surface area is 121 Å². The van der Waals surface area contributed by atoms with E-state index in [0.29, 0.717) is 11.3 Å². The lowest BCUT2D eigenvalue weighted by Crippen LogP contribution is -2.28. The second-order valence-electron chi connectivity index (χ2n) is 5.04. The largest absolute Gasteiger partial charge is 0.356 e. The van der Waals surface area contributed by atoms with Crippen molar-refractivity contribution in [2.24, 2.45) is 0 Å². The molecular weight excluding hydrogens is 268 g/mol. The Hall–Kier alpha value is -2.63. The van der Waals surface area contributed by atoms with Crippen LogP contribution < -0.4 is 5.32 Å². The molecule has 1 unspecified atom stereocenters. The molecule has 108 valence electrons. The van der Waals surface area contributed by atoms with Crippen molar-refractivity contribution in [2.45, 2.75) is 26.3 Å². The van der Waals surface area contributed by atoms with Crippen molar-refractivity contribution in [1.29, 1.82) is 0 Å². The van der Waals surface area contributed by atoms with Gasteiger partial charge in [-0.15, -0.1) is 0 Å². The number of amides is 1. The third-order valence-corrected chi connectivity index (χ3v) is 3.29. The molecule has 0 aliphatic rings. The van der Waals surface area contributed by atoms with Gasteiger partial charge in [0.05, 0.1) is 12.5 Å². The number of nitrogens with zero attached hydrogens (tertiary/aromatic N) is 2. The molecule has 0 saturated heterocycles. The monoisotopic (exact) mass is 284 g/mol. The van der Waals surface area contributed by atoms with Crippen molar-refractivity contribution < 1.29 is 9.32 Å². The first-order valence-corrected chi connectivity index (χ1v) is 6.77. The van der Waals surface area contributed by atoms with Crippen molar-refractivity contribution in [3.63, 3.8) is 0 Å². The fourth-order valence-corrected chi connectivity index (χ4v) is 2.23. The quantitative estimate of drug-likeness (QED) is 0.769. The molecule has 1 aromatic carbocycles. The maximum absolute atomic E-state index is 12.1. The van der Waals surface area contributed by atoms with Crippen LogP contribution in [0.3, 0.4) is 0 Å². The van der Waals surface area contributed by atoms with E-state index < -0.39 is 0 Å². The van der Waals surface area contributed by atoms with Gasteiger partial charge < -0.3 is 14.8 Å². The molecule has 1 atom stereocenters. The van der Waals surface area contributed by atoms with Gasteiger partial charge in [0.2, 0.25) is 5.91 Å². The summed E-state index contributed by atoms with van der Waals surface area (Å²) in [6, 6.07) is 7.32. The minimum Gasteiger partial charge on any atom is -0.356 e. The molecule has 6 nitrogen and oxygen atoms in total. The third kappa shape index (κ3) is 2.79. The fraction of sp³-hybridized carbons (Fsp3) is 0.267. The van der Waals surface area contributed by atoms with Gasteiger partial charge in [-0.25, -0.2) is 4.98 Å². The highest BCUT2D eigenvalue weighted by molar-refractivity contribution is 5.86. The van der Waals surface area contributed by atoms with Gasteiger partial charge in [-0.1, -0.05) is 17.3 Å². The Morgan fingerprint density at radius 1 is 1.43 bits per heavy atom. The number of para-hydroxylation sites is 1. The number of rotatable bonds is 4. The van der Waals surface area contributed by atoms with Crippen molar-refractivity contribution >= 4 is 16.9 Å². The van der Waals surface area contributed by atoms with Gasteiger partial charge >= 0.3 is 0 Å². The number of aromatic amines is 1. The minimum absolute atomic E-state index is 0.115. The van der Waals surface area contributed by atoms with Gasteiger partial charge in [0.25, 0.3) is 0 Å². The van der Waals surface area contributed by atoms with Gasteiger partial charge in [-0.3, -0.25) is 4.79 Å². The Bertz CT molecular complexity index is 775. The molecule has 0 fully saturated rings. The molecule has 21 heavy (non-hydrogen) atoms. The standard InChI is InChI=1S/C15H16N4O2/c1-9-8-16-15(17-9)10(2)18-14(20)7-12-11-5-3-4-6-13(11)21-19-12/h3-6,8,10H,7H2,1-2H3,(H,16,17)(H,18,20). The zero-order valence-electron chi connectivity index (χ0n) is 11.9. The summed E-state index contributed by atoms with van der Waals surface area (Å²) < 4.78 is 5.19. The lowest BCUT2D eigenvalue weighted by atomic mass is 10.1. The van der Waals surface area contributed by atoms with Crippen LogP contribution in [0, 0.1) is 6.92 Å². The van der Waals surface area contributed by atoms with Gasteiger partial charge in [0, 0.05) is 17.3 Å². The van der Waals surface area contributed by atoms with Crippen LogP contribution in [-0.2, 0) is 11.2 Å². The lowest BCUT2D eigenvalue weighted by Gasteiger charge is -2.10. The molecule has 2 N–H and O–H groups in total. The summed E-state index contributed by atoms with van der Waals surface area (Å²) in [4.78, 5) is 19.4. The molecule has 0 radical (unpaired) electrons. The lowest BCUT2D eigenvalue weighted by molar-refractivity contribution is -0.121. The van der Waals surface area contributed by atoms with Gasteiger partial charge in [0.15, 0.2) is 5.58 Å². The molecular formula is C15H16N4O2. The Morgan fingerprint density at radius 2 is 2.24 bits per heavy atom. The highest BCUT2D eigenvalue weighted by atomic mass is 16.5. The molecule has 6 heteroatoms. The molecule has 3 rings (SSSR count). The van der Waals surface area contributed by atoms with Gasteiger partial charge in [0.1, 0.15) is 11.5 Å². The van der Waals surface area contributed by atoms with Crippen molar-refractivity contribution in [1.82, 2.24) is 20.4 Å². The van der Waals surface area contributed by atoms with Crippen LogP contribution in [-0.4, -0.2) is 21.0 Å². The highest BCUT2D eigenvalue weighted by Gasteiger charge is 2.15. The Morgan fingerprint density at radius 3 is 3.00 bits per heavy atom. The van der Waals surface area contributed by atoms with E-state index in [1.807, 2.05) is 38.1 Å². The Kier molecular flexibility index (Phi) is 3.43. The first-order chi connectivity index (χ1) is 10.1. The normalized spacial score (nSPS) is 12.5. The average Bonchev–Trinajstić information content (AvgIpc) is 3.06. The van der Waals surface area contributed by atoms with E-state index >= 15 is 0 Å². The van der Waals surface area contributed by atoms with E-state index in [-0.39, 0.29) is 18.4 Å². The van der Waals surface area contributed by atoms with Crippen LogP contribution in [0.25, 0.3) is 11.0 Å². The van der Waals surface area contributed by atoms with Crippen molar-refractivity contribution in [3.05, 3.63) is 47.7 Å². The number of nitrogens with one attached hydrogen (secondary N) is 2. The smallest absolute Gasteiger partial charge is 0.226 e. The van der Waals surface area contributed by atoms with E-state index in [1.54, 1.807) is 6.20 Å². The Balaban J connectivity index is 1.69. The zero-order chi connectivity index (χ0) is 14.8. The highest BCUT2D eigenvalue weighted by Crippen LogP contribution is 2.18. The summed E-state index contributed by atoms with van der Waals surface area (Å²) in [5.41, 5.74) is 2.30. The summed E-state index contributed by atoms with van der Waals surface area (Å²) in [7, 11) is 0. The summed E-state index contributed by atoms with van der Waals surface area (Å²) in [6.45, 7) is 3.81. The number of carbonyl (C=O) groups excluding carboxylic acids is 1. The van der Waals surface area contributed by atoms with E-state index in [0.717, 1.165) is 16.9 Å². The van der Waals surface area contributed by atoms with Crippen LogP contribution in [0.2, 0.25) is 0 Å². The van der Waals surface area contributed by atoms with E-state index in [9.17, 15) is 4.79 Å². The topological polar surface area (TPSA) is 83.8 Å². The molecule has 0 saturated carbocycles. The SMILES string of the molecule is Cc1cnc(C(C)NC(=O)Cc2noc3ccccc23)[nH]1. The number of carbonyl (C=O) groups is 1. The first-order valence-electron chi connectivity index (χ1n) is 6.77. The average molecular weight is 284 g/mol. The first kappa shape index (κ1) is 13.4. The van der Waals surface area contributed by atoms with Gasteiger partial charge in [-0.05, 0) is 26.0 Å². The number of imidazole rings is 1. The third-order valence-electron chi connectivity index (χ3n) is 3.29. The molecule has 0 spiro atoms. The van der Waals surface area contributed by atoms with Crippen LogP contribution in [0.1, 0.15) is 30.2 Å². The number of fused-ring (bicyclic) bond motifs is 1. The molecule has 0 aliphatic carbocycles. The number of aromatic nitrogens is 3. The summed E-state index contributed by atoms with van der Waals surface area (Å²) in [5.74, 6) is 0.626. The zero-order valence-corrected chi connectivity index (χ0v) is 11.9. The van der Waals surface area contributed by atoms with Gasteiger partial charge in [-0.2, -0.15) is 0 Å². The van der Waals surface area contributed by atoms with Crippen LogP contribution in [0.5, 0.6) is 0 Å².